The molecule has 24 heavy (non-hydrogen) atoms. The highest BCUT2D eigenvalue weighted by molar-refractivity contribution is 5.94. The van der Waals surface area contributed by atoms with E-state index in [-0.39, 0.29) is 0 Å². The molecule has 0 atom stereocenters. The molecule has 0 spiro atoms. The number of hydrogen-bond acceptors (Lipinski definition) is 4. The van der Waals surface area contributed by atoms with Crippen molar-refractivity contribution in [3.05, 3.63) is 64.7 Å². The van der Waals surface area contributed by atoms with Crippen molar-refractivity contribution in [2.75, 3.05) is 19.0 Å². The van der Waals surface area contributed by atoms with Gasteiger partial charge in [-0.05, 0) is 36.2 Å². The Kier molecular flexibility index (Phi) is 6.95. The highest BCUT2D eigenvalue weighted by Crippen LogP contribution is 2.17. The van der Waals surface area contributed by atoms with Gasteiger partial charge in [0.25, 0.3) is 0 Å². The molecule has 6 heteroatoms. The van der Waals surface area contributed by atoms with E-state index >= 15 is 0 Å². The fourth-order valence-electron chi connectivity index (χ4n) is 2.18. The number of rotatable bonds is 4. The van der Waals surface area contributed by atoms with Crippen LogP contribution in [-0.2, 0) is 6.54 Å². The third kappa shape index (κ3) is 4.82. The van der Waals surface area contributed by atoms with Crippen LogP contribution in [0, 0.1) is 6.92 Å². The largest absolute Gasteiger partial charge is 0.478 e. The minimum atomic E-state index is -0.900. The SMILES string of the molecule is CN(C)c1ccccc1C(=O)O.Cc1c(CN)cccc1C(=O)O. The van der Waals surface area contributed by atoms with E-state index in [0.717, 1.165) is 16.8 Å². The summed E-state index contributed by atoms with van der Waals surface area (Å²) in [5, 5.41) is 17.5. The van der Waals surface area contributed by atoms with Crippen LogP contribution in [0.4, 0.5) is 5.69 Å². The van der Waals surface area contributed by atoms with Crippen molar-refractivity contribution < 1.29 is 19.8 Å². The van der Waals surface area contributed by atoms with Crippen LogP contribution in [0.1, 0.15) is 31.8 Å². The van der Waals surface area contributed by atoms with Gasteiger partial charge < -0.3 is 20.8 Å². The lowest BCUT2D eigenvalue weighted by Gasteiger charge is -2.14. The van der Waals surface area contributed by atoms with Crippen molar-refractivity contribution in [3.8, 4) is 0 Å². The highest BCUT2D eigenvalue weighted by atomic mass is 16.4. The van der Waals surface area contributed by atoms with E-state index in [9.17, 15) is 9.59 Å². The summed E-state index contributed by atoms with van der Waals surface area (Å²) in [6, 6.07) is 12.0. The second-order valence-electron chi connectivity index (χ2n) is 5.32. The number of nitrogens with two attached hydrogens (primary N) is 1. The predicted molar refractivity (Wildman–Crippen MR) is 93.8 cm³/mol. The molecule has 0 bridgehead atoms. The molecule has 0 unspecified atom stereocenters. The zero-order valence-corrected chi connectivity index (χ0v) is 14.0. The average molecular weight is 330 g/mol. The number of aromatic carboxylic acids is 2. The lowest BCUT2D eigenvalue weighted by Crippen LogP contribution is -2.13. The minimum absolute atomic E-state index is 0.331. The molecule has 0 heterocycles. The molecule has 4 N–H and O–H groups in total. The Balaban J connectivity index is 0.000000240. The summed E-state index contributed by atoms with van der Waals surface area (Å²) in [5.41, 5.74) is 8.46. The third-order valence-electron chi connectivity index (χ3n) is 3.51. The zero-order chi connectivity index (χ0) is 18.3. The number of hydrogen-bond donors (Lipinski definition) is 3. The van der Waals surface area contributed by atoms with Crippen LogP contribution >= 0.6 is 0 Å². The van der Waals surface area contributed by atoms with E-state index in [4.69, 9.17) is 15.9 Å². The number of benzene rings is 2. The van der Waals surface area contributed by atoms with Gasteiger partial charge in [-0.1, -0.05) is 24.3 Å². The van der Waals surface area contributed by atoms with E-state index < -0.39 is 11.9 Å². The number of nitrogens with zero attached hydrogens (tertiary/aromatic N) is 1. The number of carbonyl (C=O) groups is 2. The molecule has 0 aliphatic carbocycles. The molecule has 0 radical (unpaired) electrons. The topological polar surface area (TPSA) is 104 Å². The number of anilines is 1. The van der Waals surface area contributed by atoms with Crippen molar-refractivity contribution in [1.82, 2.24) is 0 Å². The molecule has 0 aliphatic rings. The Labute approximate surface area is 141 Å². The van der Waals surface area contributed by atoms with E-state index in [2.05, 4.69) is 0 Å². The molecule has 0 amide bonds. The van der Waals surface area contributed by atoms with Gasteiger partial charge in [0.2, 0.25) is 0 Å². The van der Waals surface area contributed by atoms with Gasteiger partial charge in [-0.25, -0.2) is 9.59 Å². The first-order chi connectivity index (χ1) is 11.3. The van der Waals surface area contributed by atoms with Gasteiger partial charge in [0.1, 0.15) is 0 Å². The maximum absolute atomic E-state index is 10.7. The summed E-state index contributed by atoms with van der Waals surface area (Å²) >= 11 is 0. The molecular formula is C18H22N2O4. The van der Waals surface area contributed by atoms with Gasteiger partial charge in [-0.3, -0.25) is 0 Å². The Morgan fingerprint density at radius 2 is 1.50 bits per heavy atom. The molecule has 2 aromatic rings. The lowest BCUT2D eigenvalue weighted by atomic mass is 10.0. The van der Waals surface area contributed by atoms with Gasteiger partial charge in [-0.15, -0.1) is 0 Å². The maximum Gasteiger partial charge on any atom is 0.337 e. The maximum atomic E-state index is 10.7. The van der Waals surface area contributed by atoms with Crippen LogP contribution in [-0.4, -0.2) is 36.2 Å². The van der Waals surface area contributed by atoms with Crippen LogP contribution in [0.3, 0.4) is 0 Å². The van der Waals surface area contributed by atoms with E-state index in [1.54, 1.807) is 42.2 Å². The minimum Gasteiger partial charge on any atom is -0.478 e. The Morgan fingerprint density at radius 1 is 0.958 bits per heavy atom. The molecule has 0 aliphatic heterocycles. The average Bonchev–Trinajstić information content (AvgIpc) is 2.55. The summed E-state index contributed by atoms with van der Waals surface area (Å²) in [7, 11) is 3.64. The number of carboxylic acids is 2. The molecule has 0 aromatic heterocycles. The van der Waals surface area contributed by atoms with Crippen LogP contribution in [0.15, 0.2) is 42.5 Å². The fraction of sp³-hybridized carbons (Fsp3) is 0.222. The van der Waals surface area contributed by atoms with Gasteiger partial charge >= 0.3 is 11.9 Å². The highest BCUT2D eigenvalue weighted by Gasteiger charge is 2.09. The van der Waals surface area contributed by atoms with E-state index in [1.807, 2.05) is 26.2 Å². The van der Waals surface area contributed by atoms with Crippen LogP contribution < -0.4 is 10.6 Å². The predicted octanol–water partition coefficient (Wildman–Crippen LogP) is 2.60. The van der Waals surface area contributed by atoms with Crippen LogP contribution in [0.25, 0.3) is 0 Å². The quantitative estimate of drug-likeness (QED) is 0.796. The molecule has 0 saturated carbocycles. The molecule has 0 saturated heterocycles. The van der Waals surface area contributed by atoms with Gasteiger partial charge in [0, 0.05) is 20.6 Å². The van der Waals surface area contributed by atoms with Crippen molar-refractivity contribution >= 4 is 17.6 Å². The Morgan fingerprint density at radius 3 is 1.96 bits per heavy atom. The summed E-state index contributed by atoms with van der Waals surface area (Å²) in [6.45, 7) is 2.15. The Bertz CT molecular complexity index is 727. The summed E-state index contributed by atoms with van der Waals surface area (Å²) in [5.74, 6) is -1.79. The standard InChI is InChI=1S/2C9H11NO2/c1-10(2)8-6-4-3-5-7(8)9(11)12;1-6-7(5-10)3-2-4-8(6)9(11)12/h3-6H,1-2H3,(H,11,12);2-4H,5,10H2,1H3,(H,11,12). The fourth-order valence-corrected chi connectivity index (χ4v) is 2.18. The number of carboxylic acid groups (broad SMARTS) is 2. The Hall–Kier alpha value is -2.86. The normalized spacial score (nSPS) is 9.67. The third-order valence-corrected chi connectivity index (χ3v) is 3.51. The molecular weight excluding hydrogens is 308 g/mol. The summed E-state index contributed by atoms with van der Waals surface area (Å²) in [6.07, 6.45) is 0. The molecule has 2 rings (SSSR count). The molecule has 128 valence electrons. The summed E-state index contributed by atoms with van der Waals surface area (Å²) in [4.78, 5) is 23.1. The zero-order valence-electron chi connectivity index (χ0n) is 14.0. The van der Waals surface area contributed by atoms with Crippen molar-refractivity contribution in [2.24, 2.45) is 5.73 Å². The van der Waals surface area contributed by atoms with Gasteiger partial charge in [0.15, 0.2) is 0 Å². The first kappa shape index (κ1) is 19.2. The van der Waals surface area contributed by atoms with Crippen molar-refractivity contribution in [3.63, 3.8) is 0 Å². The van der Waals surface area contributed by atoms with Crippen molar-refractivity contribution in [1.29, 1.82) is 0 Å². The van der Waals surface area contributed by atoms with Gasteiger partial charge in [-0.2, -0.15) is 0 Å². The molecule has 6 nitrogen and oxygen atoms in total. The van der Waals surface area contributed by atoms with Crippen molar-refractivity contribution in [2.45, 2.75) is 13.5 Å². The molecule has 0 fully saturated rings. The van der Waals surface area contributed by atoms with Crippen LogP contribution in [0.5, 0.6) is 0 Å². The second kappa shape index (κ2) is 8.69. The van der Waals surface area contributed by atoms with Crippen LogP contribution in [0.2, 0.25) is 0 Å². The smallest absolute Gasteiger partial charge is 0.337 e. The first-order valence-corrected chi connectivity index (χ1v) is 7.31. The summed E-state index contributed by atoms with van der Waals surface area (Å²) < 4.78 is 0. The van der Waals surface area contributed by atoms with E-state index in [1.165, 1.54) is 0 Å². The lowest BCUT2D eigenvalue weighted by molar-refractivity contribution is 0.0686. The molecule has 2 aromatic carbocycles. The first-order valence-electron chi connectivity index (χ1n) is 7.31. The van der Waals surface area contributed by atoms with E-state index in [0.29, 0.717) is 17.7 Å². The second-order valence-corrected chi connectivity index (χ2v) is 5.32. The number of para-hydroxylation sites is 1. The monoisotopic (exact) mass is 330 g/mol. The van der Waals surface area contributed by atoms with Gasteiger partial charge in [0.05, 0.1) is 16.8 Å².